The summed E-state index contributed by atoms with van der Waals surface area (Å²) >= 11 is 0. The summed E-state index contributed by atoms with van der Waals surface area (Å²) in [6, 6.07) is 8.83. The predicted octanol–water partition coefficient (Wildman–Crippen LogP) is 1.83. The second-order valence-corrected chi connectivity index (χ2v) is 6.98. The molecule has 2 amide bonds. The molecule has 3 fully saturated rings. The summed E-state index contributed by atoms with van der Waals surface area (Å²) in [5.74, 6) is 0.169. The van der Waals surface area contributed by atoms with Crippen molar-refractivity contribution in [2.75, 3.05) is 11.4 Å². The fourth-order valence-corrected chi connectivity index (χ4v) is 4.16. The topological polar surface area (TPSA) is 61.4 Å². The molecule has 5 nitrogen and oxygen atoms in total. The van der Waals surface area contributed by atoms with Gasteiger partial charge in [-0.1, -0.05) is 0 Å². The molecule has 0 aromatic heterocycles. The molecule has 3 saturated heterocycles. The normalized spacial score (nSPS) is 29.8. The summed E-state index contributed by atoms with van der Waals surface area (Å²) in [6.45, 7) is 0.780. The molecular formula is C18H23N3O2. The second-order valence-electron chi connectivity index (χ2n) is 6.98. The van der Waals surface area contributed by atoms with Crippen molar-refractivity contribution in [2.24, 2.45) is 0 Å². The third-order valence-corrected chi connectivity index (χ3v) is 5.32. The monoisotopic (exact) mass is 313 g/mol. The molecule has 3 aliphatic heterocycles. The molecule has 2 N–H and O–H groups in total. The van der Waals surface area contributed by atoms with Crippen LogP contribution in [0.2, 0.25) is 0 Å². The van der Waals surface area contributed by atoms with Gasteiger partial charge in [0.25, 0.3) is 5.91 Å². The van der Waals surface area contributed by atoms with Crippen molar-refractivity contribution in [3.05, 3.63) is 29.8 Å². The third kappa shape index (κ3) is 2.98. The number of rotatable bonds is 3. The van der Waals surface area contributed by atoms with E-state index < -0.39 is 0 Å². The van der Waals surface area contributed by atoms with E-state index in [9.17, 15) is 9.59 Å². The Morgan fingerprint density at radius 3 is 2.43 bits per heavy atom. The van der Waals surface area contributed by atoms with Gasteiger partial charge in [0.15, 0.2) is 0 Å². The molecule has 0 radical (unpaired) electrons. The zero-order chi connectivity index (χ0) is 15.8. The first kappa shape index (κ1) is 14.7. The Morgan fingerprint density at radius 2 is 1.83 bits per heavy atom. The lowest BCUT2D eigenvalue weighted by Gasteiger charge is -2.29. The van der Waals surface area contributed by atoms with Gasteiger partial charge in [-0.05, 0) is 56.4 Å². The van der Waals surface area contributed by atoms with Crippen molar-refractivity contribution in [1.82, 2.24) is 10.6 Å². The molecule has 3 heterocycles. The van der Waals surface area contributed by atoms with Crippen LogP contribution >= 0.6 is 0 Å². The quantitative estimate of drug-likeness (QED) is 0.895. The van der Waals surface area contributed by atoms with Gasteiger partial charge in [0.1, 0.15) is 0 Å². The van der Waals surface area contributed by atoms with Gasteiger partial charge in [0, 0.05) is 42.3 Å². The second kappa shape index (κ2) is 5.96. The van der Waals surface area contributed by atoms with Crippen molar-refractivity contribution in [2.45, 2.75) is 56.7 Å². The smallest absolute Gasteiger partial charge is 0.251 e. The van der Waals surface area contributed by atoms with Gasteiger partial charge in [0.2, 0.25) is 5.91 Å². The van der Waals surface area contributed by atoms with Gasteiger partial charge in [-0.2, -0.15) is 0 Å². The first-order valence-electron chi connectivity index (χ1n) is 8.66. The maximum absolute atomic E-state index is 12.4. The maximum Gasteiger partial charge on any atom is 0.251 e. The van der Waals surface area contributed by atoms with Crippen LogP contribution in [0.3, 0.4) is 0 Å². The number of carbonyl (C=O) groups excluding carboxylic acids is 2. The van der Waals surface area contributed by atoms with Crippen LogP contribution in [0.5, 0.6) is 0 Å². The summed E-state index contributed by atoms with van der Waals surface area (Å²) < 4.78 is 0. The summed E-state index contributed by atoms with van der Waals surface area (Å²) in [4.78, 5) is 26.0. The Morgan fingerprint density at radius 1 is 1.13 bits per heavy atom. The van der Waals surface area contributed by atoms with Crippen LogP contribution in [0.15, 0.2) is 24.3 Å². The number of piperidine rings is 1. The highest BCUT2D eigenvalue weighted by atomic mass is 16.2. The van der Waals surface area contributed by atoms with E-state index in [1.807, 2.05) is 24.3 Å². The van der Waals surface area contributed by atoms with Gasteiger partial charge in [-0.3, -0.25) is 9.59 Å². The summed E-state index contributed by atoms with van der Waals surface area (Å²) in [5.41, 5.74) is 1.57. The number of nitrogens with one attached hydrogen (secondary N) is 2. The van der Waals surface area contributed by atoms with Crippen LogP contribution in [0.4, 0.5) is 5.69 Å². The van der Waals surface area contributed by atoms with Crippen LogP contribution in [-0.4, -0.2) is 36.5 Å². The largest absolute Gasteiger partial charge is 0.349 e. The number of amides is 2. The van der Waals surface area contributed by atoms with E-state index in [1.54, 1.807) is 4.90 Å². The Labute approximate surface area is 136 Å². The summed E-state index contributed by atoms with van der Waals surface area (Å²) in [6.07, 6.45) is 6.07. The molecule has 3 aliphatic rings. The highest BCUT2D eigenvalue weighted by Crippen LogP contribution is 2.27. The van der Waals surface area contributed by atoms with Gasteiger partial charge in [-0.25, -0.2) is 0 Å². The number of fused-ring (bicyclic) bond motifs is 2. The van der Waals surface area contributed by atoms with E-state index in [0.29, 0.717) is 24.1 Å². The van der Waals surface area contributed by atoms with E-state index in [4.69, 9.17) is 0 Å². The Hall–Kier alpha value is -1.88. The minimum absolute atomic E-state index is 0.00408. The fourth-order valence-electron chi connectivity index (χ4n) is 4.16. The molecule has 0 saturated carbocycles. The van der Waals surface area contributed by atoms with Crippen LogP contribution in [0.1, 0.15) is 48.9 Å². The average molecular weight is 313 g/mol. The lowest BCUT2D eigenvalue weighted by molar-refractivity contribution is -0.117. The molecule has 122 valence electrons. The van der Waals surface area contributed by atoms with E-state index in [0.717, 1.165) is 31.5 Å². The van der Waals surface area contributed by atoms with E-state index in [2.05, 4.69) is 10.6 Å². The molecule has 0 spiro atoms. The SMILES string of the molecule is O=C(NC1CC2CCC(C1)N2)c1ccc(N2CCCC2=O)cc1. The molecule has 1 aromatic carbocycles. The Balaban J connectivity index is 1.39. The Bertz CT molecular complexity index is 601. The number of carbonyl (C=O) groups is 2. The summed E-state index contributed by atoms with van der Waals surface area (Å²) in [5, 5.41) is 6.76. The minimum atomic E-state index is -0.00408. The highest BCUT2D eigenvalue weighted by molar-refractivity contribution is 5.97. The van der Waals surface area contributed by atoms with Crippen molar-refractivity contribution in [3.63, 3.8) is 0 Å². The fraction of sp³-hybridized carbons (Fsp3) is 0.556. The standard InChI is InChI=1S/C18H23N3O2/c22-17-2-1-9-21(17)16-7-3-12(4-8-16)18(23)20-15-10-13-5-6-14(11-15)19-13/h3-4,7-8,13-15,19H,1-2,5-6,9-11H2,(H,20,23). The van der Waals surface area contributed by atoms with Crippen molar-refractivity contribution in [1.29, 1.82) is 0 Å². The average Bonchev–Trinajstić information content (AvgIpc) is 3.13. The van der Waals surface area contributed by atoms with E-state index in [1.165, 1.54) is 12.8 Å². The van der Waals surface area contributed by atoms with Crippen LogP contribution in [0, 0.1) is 0 Å². The third-order valence-electron chi connectivity index (χ3n) is 5.32. The highest BCUT2D eigenvalue weighted by Gasteiger charge is 2.34. The van der Waals surface area contributed by atoms with E-state index in [-0.39, 0.29) is 17.9 Å². The molecular weight excluding hydrogens is 290 g/mol. The van der Waals surface area contributed by atoms with Crippen LogP contribution in [-0.2, 0) is 4.79 Å². The lowest BCUT2D eigenvalue weighted by atomic mass is 9.99. The zero-order valence-electron chi connectivity index (χ0n) is 13.3. The predicted molar refractivity (Wildman–Crippen MR) is 88.5 cm³/mol. The van der Waals surface area contributed by atoms with Gasteiger partial charge < -0.3 is 15.5 Å². The molecule has 2 bridgehead atoms. The lowest BCUT2D eigenvalue weighted by Crippen LogP contribution is -2.48. The van der Waals surface area contributed by atoms with E-state index >= 15 is 0 Å². The van der Waals surface area contributed by atoms with Gasteiger partial charge >= 0.3 is 0 Å². The first-order valence-corrected chi connectivity index (χ1v) is 8.66. The van der Waals surface area contributed by atoms with Crippen molar-refractivity contribution < 1.29 is 9.59 Å². The van der Waals surface area contributed by atoms with Crippen LogP contribution in [0.25, 0.3) is 0 Å². The van der Waals surface area contributed by atoms with Gasteiger partial charge in [0.05, 0.1) is 0 Å². The van der Waals surface area contributed by atoms with Gasteiger partial charge in [-0.15, -0.1) is 0 Å². The minimum Gasteiger partial charge on any atom is -0.349 e. The first-order chi connectivity index (χ1) is 11.2. The molecule has 2 unspecified atom stereocenters. The number of anilines is 1. The number of benzene rings is 1. The van der Waals surface area contributed by atoms with Crippen molar-refractivity contribution >= 4 is 17.5 Å². The number of hydrogen-bond acceptors (Lipinski definition) is 3. The van der Waals surface area contributed by atoms with Crippen LogP contribution < -0.4 is 15.5 Å². The van der Waals surface area contributed by atoms with Crippen molar-refractivity contribution in [3.8, 4) is 0 Å². The number of hydrogen-bond donors (Lipinski definition) is 2. The zero-order valence-corrected chi connectivity index (χ0v) is 13.3. The molecule has 5 heteroatoms. The maximum atomic E-state index is 12.4. The summed E-state index contributed by atoms with van der Waals surface area (Å²) in [7, 11) is 0. The molecule has 0 aliphatic carbocycles. The molecule has 4 rings (SSSR count). The molecule has 2 atom stereocenters. The molecule has 1 aromatic rings. The molecule has 23 heavy (non-hydrogen) atoms. The Kier molecular flexibility index (Phi) is 3.81. The number of nitrogens with zero attached hydrogens (tertiary/aromatic N) is 1.